The van der Waals surface area contributed by atoms with E-state index in [1.807, 2.05) is 12.1 Å². The molecule has 4 rings (SSSR count). The van der Waals surface area contributed by atoms with Gasteiger partial charge in [-0.15, -0.1) is 0 Å². The first kappa shape index (κ1) is 16.0. The fraction of sp³-hybridized carbons (Fsp3) is 0.381. The third-order valence-electron chi connectivity index (χ3n) is 5.99. The molecule has 1 saturated carbocycles. The van der Waals surface area contributed by atoms with Crippen LogP contribution in [0.1, 0.15) is 60.1 Å². The SMILES string of the molecule is O=C(O)C1c2ccc(O)cc2C2CCCCC2C1c1ccc(O)cc1. The predicted molar refractivity (Wildman–Crippen MR) is 94.0 cm³/mol. The van der Waals surface area contributed by atoms with E-state index in [9.17, 15) is 20.1 Å². The van der Waals surface area contributed by atoms with Crippen LogP contribution in [0.4, 0.5) is 0 Å². The number of aromatic hydroxyl groups is 2. The third kappa shape index (κ3) is 2.66. The Kier molecular flexibility index (Phi) is 3.91. The topological polar surface area (TPSA) is 77.8 Å². The molecule has 0 spiro atoms. The van der Waals surface area contributed by atoms with Gasteiger partial charge in [0.1, 0.15) is 11.5 Å². The van der Waals surface area contributed by atoms with Gasteiger partial charge in [-0.25, -0.2) is 0 Å². The molecule has 25 heavy (non-hydrogen) atoms. The summed E-state index contributed by atoms with van der Waals surface area (Å²) in [6, 6.07) is 12.1. The van der Waals surface area contributed by atoms with E-state index in [0.29, 0.717) is 0 Å². The van der Waals surface area contributed by atoms with Crippen molar-refractivity contribution in [1.29, 1.82) is 0 Å². The number of phenols is 2. The zero-order valence-electron chi connectivity index (χ0n) is 13.9. The molecule has 0 heterocycles. The lowest BCUT2D eigenvalue weighted by Crippen LogP contribution is -2.37. The lowest BCUT2D eigenvalue weighted by Gasteiger charge is -2.46. The van der Waals surface area contributed by atoms with Crippen LogP contribution in [0, 0.1) is 5.92 Å². The van der Waals surface area contributed by atoms with Gasteiger partial charge in [-0.3, -0.25) is 4.79 Å². The van der Waals surface area contributed by atoms with E-state index in [4.69, 9.17) is 0 Å². The van der Waals surface area contributed by atoms with Crippen LogP contribution < -0.4 is 0 Å². The summed E-state index contributed by atoms with van der Waals surface area (Å²) in [6.07, 6.45) is 4.27. The molecule has 2 aromatic carbocycles. The van der Waals surface area contributed by atoms with E-state index in [2.05, 4.69) is 0 Å². The number of fused-ring (bicyclic) bond motifs is 3. The molecule has 1 fully saturated rings. The molecule has 0 bridgehead atoms. The highest BCUT2D eigenvalue weighted by Gasteiger charge is 2.47. The molecule has 0 aliphatic heterocycles. The minimum atomic E-state index is -0.825. The van der Waals surface area contributed by atoms with Crippen LogP contribution in [0.3, 0.4) is 0 Å². The molecule has 0 aromatic heterocycles. The molecule has 0 saturated heterocycles. The lowest BCUT2D eigenvalue weighted by atomic mass is 9.57. The van der Waals surface area contributed by atoms with Gasteiger partial charge in [0.15, 0.2) is 0 Å². The number of carbonyl (C=O) groups is 1. The molecular formula is C21H22O4. The molecular weight excluding hydrogens is 316 g/mol. The van der Waals surface area contributed by atoms with Crippen LogP contribution in [-0.2, 0) is 4.79 Å². The predicted octanol–water partition coefficient (Wildman–Crippen LogP) is 4.34. The summed E-state index contributed by atoms with van der Waals surface area (Å²) in [6.45, 7) is 0. The minimum Gasteiger partial charge on any atom is -0.508 e. The number of benzene rings is 2. The third-order valence-corrected chi connectivity index (χ3v) is 5.99. The van der Waals surface area contributed by atoms with Gasteiger partial charge in [-0.2, -0.15) is 0 Å². The summed E-state index contributed by atoms with van der Waals surface area (Å²) in [5.41, 5.74) is 2.81. The van der Waals surface area contributed by atoms with E-state index >= 15 is 0 Å². The molecule has 2 aliphatic rings. The Morgan fingerprint density at radius 2 is 1.56 bits per heavy atom. The number of rotatable bonds is 2. The van der Waals surface area contributed by atoms with Crippen molar-refractivity contribution in [2.75, 3.05) is 0 Å². The van der Waals surface area contributed by atoms with Crippen LogP contribution in [0.25, 0.3) is 0 Å². The van der Waals surface area contributed by atoms with Crippen molar-refractivity contribution in [3.8, 4) is 11.5 Å². The van der Waals surface area contributed by atoms with E-state index < -0.39 is 11.9 Å². The quantitative estimate of drug-likeness (QED) is 0.761. The van der Waals surface area contributed by atoms with E-state index in [1.54, 1.807) is 30.3 Å². The number of hydrogen-bond donors (Lipinski definition) is 3. The van der Waals surface area contributed by atoms with Gasteiger partial charge in [0.25, 0.3) is 0 Å². The summed E-state index contributed by atoms with van der Waals surface area (Å²) in [5.74, 6) is -0.639. The molecule has 0 amide bonds. The molecule has 4 nitrogen and oxygen atoms in total. The smallest absolute Gasteiger partial charge is 0.311 e. The second-order valence-electron chi connectivity index (χ2n) is 7.30. The first-order valence-corrected chi connectivity index (χ1v) is 8.91. The van der Waals surface area contributed by atoms with Crippen LogP contribution >= 0.6 is 0 Å². The van der Waals surface area contributed by atoms with Crippen molar-refractivity contribution >= 4 is 5.97 Å². The summed E-state index contributed by atoms with van der Waals surface area (Å²) in [5, 5.41) is 29.6. The second kappa shape index (κ2) is 6.10. The van der Waals surface area contributed by atoms with Crippen LogP contribution in [-0.4, -0.2) is 21.3 Å². The second-order valence-corrected chi connectivity index (χ2v) is 7.30. The highest BCUT2D eigenvalue weighted by atomic mass is 16.4. The normalized spacial score (nSPS) is 28.0. The van der Waals surface area contributed by atoms with Crippen molar-refractivity contribution < 1.29 is 20.1 Å². The van der Waals surface area contributed by atoms with Gasteiger partial charge in [0.2, 0.25) is 0 Å². The zero-order valence-corrected chi connectivity index (χ0v) is 13.9. The number of hydrogen-bond acceptors (Lipinski definition) is 3. The molecule has 4 unspecified atom stereocenters. The Morgan fingerprint density at radius 1 is 0.880 bits per heavy atom. The molecule has 4 heteroatoms. The molecule has 0 radical (unpaired) electrons. The van der Waals surface area contributed by atoms with Gasteiger partial charge >= 0.3 is 5.97 Å². The Morgan fingerprint density at radius 3 is 2.28 bits per heavy atom. The van der Waals surface area contributed by atoms with Crippen LogP contribution in [0.2, 0.25) is 0 Å². The first-order valence-electron chi connectivity index (χ1n) is 8.91. The summed E-state index contributed by atoms with van der Waals surface area (Å²) >= 11 is 0. The van der Waals surface area contributed by atoms with Gasteiger partial charge in [-0.05, 0) is 65.6 Å². The molecule has 130 valence electrons. The van der Waals surface area contributed by atoms with Crippen molar-refractivity contribution in [3.05, 3.63) is 59.2 Å². The van der Waals surface area contributed by atoms with Gasteiger partial charge < -0.3 is 15.3 Å². The number of aliphatic carboxylic acids is 1. The van der Waals surface area contributed by atoms with Crippen molar-refractivity contribution in [2.24, 2.45) is 5.92 Å². The Labute approximate surface area is 146 Å². The number of carboxylic acid groups (broad SMARTS) is 1. The summed E-state index contributed by atoms with van der Waals surface area (Å²) < 4.78 is 0. The maximum Gasteiger partial charge on any atom is 0.311 e. The average molecular weight is 338 g/mol. The zero-order chi connectivity index (χ0) is 17.6. The largest absolute Gasteiger partial charge is 0.508 e. The van der Waals surface area contributed by atoms with Gasteiger partial charge in [-0.1, -0.05) is 31.0 Å². The van der Waals surface area contributed by atoms with E-state index in [0.717, 1.165) is 42.4 Å². The average Bonchev–Trinajstić information content (AvgIpc) is 2.61. The number of phenolic OH excluding ortho intramolecular Hbond substituents is 2. The summed E-state index contributed by atoms with van der Waals surface area (Å²) in [7, 11) is 0. The first-order chi connectivity index (χ1) is 12.1. The molecule has 4 atom stereocenters. The number of carboxylic acids is 1. The Hall–Kier alpha value is -2.49. The molecule has 3 N–H and O–H groups in total. The standard InChI is InChI=1S/C21H22O4/c22-13-7-5-12(6-8-13)19-16-4-2-1-3-15(16)18-11-14(23)9-10-17(18)20(19)21(24)25/h5-11,15-16,19-20,22-23H,1-4H2,(H,24,25). The van der Waals surface area contributed by atoms with Gasteiger partial charge in [0.05, 0.1) is 5.92 Å². The molecule has 2 aliphatic carbocycles. The highest BCUT2D eigenvalue weighted by Crippen LogP contribution is 2.56. The van der Waals surface area contributed by atoms with Crippen LogP contribution in [0.5, 0.6) is 11.5 Å². The van der Waals surface area contributed by atoms with Crippen LogP contribution in [0.15, 0.2) is 42.5 Å². The molecule has 2 aromatic rings. The van der Waals surface area contributed by atoms with E-state index in [1.165, 1.54) is 0 Å². The van der Waals surface area contributed by atoms with Crippen molar-refractivity contribution in [3.63, 3.8) is 0 Å². The fourth-order valence-corrected chi connectivity index (χ4v) is 5.01. The van der Waals surface area contributed by atoms with E-state index in [-0.39, 0.29) is 29.3 Å². The Balaban J connectivity index is 1.90. The minimum absolute atomic E-state index is 0.111. The highest BCUT2D eigenvalue weighted by molar-refractivity contribution is 5.79. The van der Waals surface area contributed by atoms with Crippen molar-refractivity contribution in [1.82, 2.24) is 0 Å². The maximum atomic E-state index is 12.2. The maximum absolute atomic E-state index is 12.2. The van der Waals surface area contributed by atoms with Crippen molar-refractivity contribution in [2.45, 2.75) is 43.4 Å². The fourth-order valence-electron chi connectivity index (χ4n) is 5.01. The monoisotopic (exact) mass is 338 g/mol. The Bertz CT molecular complexity index is 796. The summed E-state index contributed by atoms with van der Waals surface area (Å²) in [4.78, 5) is 12.2. The van der Waals surface area contributed by atoms with Gasteiger partial charge in [0, 0.05) is 5.92 Å². The lowest BCUT2D eigenvalue weighted by molar-refractivity contribution is -0.140.